The zero-order chi connectivity index (χ0) is 30.7. The minimum atomic E-state index is 0.328. The lowest BCUT2D eigenvalue weighted by atomic mass is 9.88. The molecule has 0 amide bonds. The third kappa shape index (κ3) is 7.31. The van der Waals surface area contributed by atoms with E-state index in [-0.39, 0.29) is 0 Å². The first-order valence-electron chi connectivity index (χ1n) is 15.6. The normalized spacial score (nSPS) is 15.9. The second-order valence-electron chi connectivity index (χ2n) is 11.2. The molecule has 5 aromatic rings. The number of anilines is 2. The summed E-state index contributed by atoms with van der Waals surface area (Å²) in [6.07, 6.45) is 9.58. The number of rotatable bonds is 2. The quantitative estimate of drug-likeness (QED) is 0.219. The first-order valence-corrected chi connectivity index (χ1v) is 15.6. The average molecular weight is 583 g/mol. The van der Waals surface area contributed by atoms with Crippen molar-refractivity contribution in [3.8, 4) is 0 Å². The number of aromatic amines is 1. The molecule has 1 N–H and O–H groups in total. The zero-order valence-electron chi connectivity index (χ0n) is 25.6. The van der Waals surface area contributed by atoms with Crippen LogP contribution in [-0.4, -0.2) is 4.98 Å². The van der Waals surface area contributed by atoms with Crippen LogP contribution >= 0.6 is 0 Å². The highest BCUT2D eigenvalue weighted by Crippen LogP contribution is 2.39. The third-order valence-corrected chi connectivity index (χ3v) is 8.07. The van der Waals surface area contributed by atoms with Crippen LogP contribution in [0, 0.1) is 0 Å². The van der Waals surface area contributed by atoms with E-state index in [1.54, 1.807) is 0 Å². The number of para-hydroxylation sites is 3. The Labute approximate surface area is 266 Å². The molecule has 0 bridgehead atoms. The van der Waals surface area contributed by atoms with Gasteiger partial charge in [-0.2, -0.15) is 0 Å². The zero-order valence-corrected chi connectivity index (χ0v) is 25.6. The average Bonchev–Trinajstić information content (AvgIpc) is 3.15. The maximum Gasteiger partial charge on any atom is 0.0490 e. The van der Waals surface area contributed by atoms with E-state index in [1.807, 2.05) is 48.7 Å². The van der Waals surface area contributed by atoms with E-state index in [0.29, 0.717) is 5.92 Å². The van der Waals surface area contributed by atoms with E-state index >= 15 is 0 Å². The summed E-state index contributed by atoms with van der Waals surface area (Å²) in [6, 6.07) is 57.4. The van der Waals surface area contributed by atoms with Crippen LogP contribution in [0.2, 0.25) is 0 Å². The van der Waals surface area contributed by atoms with Gasteiger partial charge in [0.1, 0.15) is 0 Å². The number of allylic oxidation sites excluding steroid dienone is 3. The fourth-order valence-electron chi connectivity index (χ4n) is 5.84. The van der Waals surface area contributed by atoms with Gasteiger partial charge in [0.05, 0.1) is 0 Å². The Morgan fingerprint density at radius 2 is 1.24 bits per heavy atom. The largest absolute Gasteiger partial charge is 0.361 e. The molecule has 6 rings (SSSR count). The molecule has 0 saturated heterocycles. The first-order chi connectivity index (χ1) is 22.3. The van der Waals surface area contributed by atoms with Gasteiger partial charge in [0, 0.05) is 34.7 Å². The van der Waals surface area contributed by atoms with Crippen LogP contribution in [-0.2, 0) is 0 Å². The summed E-state index contributed by atoms with van der Waals surface area (Å²) in [5.74, 6) is 0.328. The number of hydrogen-bond acceptors (Lipinski definition) is 1. The lowest BCUT2D eigenvalue weighted by Crippen LogP contribution is -2.11. The first kappa shape index (κ1) is 29.5. The summed E-state index contributed by atoms with van der Waals surface area (Å²) in [5, 5.41) is 3.52. The predicted molar refractivity (Wildman–Crippen MR) is 194 cm³/mol. The van der Waals surface area contributed by atoms with E-state index in [9.17, 15) is 0 Å². The van der Waals surface area contributed by atoms with Crippen molar-refractivity contribution in [2.45, 2.75) is 19.3 Å². The van der Waals surface area contributed by atoms with Gasteiger partial charge in [0.2, 0.25) is 0 Å². The van der Waals surface area contributed by atoms with Crippen LogP contribution in [0.4, 0.5) is 11.4 Å². The highest BCUT2D eigenvalue weighted by atomic mass is 15.1. The molecule has 2 nitrogen and oxygen atoms in total. The summed E-state index contributed by atoms with van der Waals surface area (Å²) in [4.78, 5) is 5.80. The van der Waals surface area contributed by atoms with Gasteiger partial charge in [-0.25, -0.2) is 0 Å². The summed E-state index contributed by atoms with van der Waals surface area (Å²) < 4.78 is 0. The molecule has 1 atom stereocenters. The Balaban J connectivity index is 1.52. The number of H-pyrrole nitrogens is 1. The lowest BCUT2D eigenvalue weighted by molar-refractivity contribution is 0.792. The predicted octanol–water partition coefficient (Wildman–Crippen LogP) is 11.9. The van der Waals surface area contributed by atoms with Gasteiger partial charge in [-0.1, -0.05) is 140 Å². The Morgan fingerprint density at radius 1 is 0.600 bits per heavy atom. The van der Waals surface area contributed by atoms with Crippen molar-refractivity contribution in [1.29, 1.82) is 0 Å². The van der Waals surface area contributed by atoms with Crippen molar-refractivity contribution >= 4 is 38.6 Å². The van der Waals surface area contributed by atoms with Crippen LogP contribution in [0.3, 0.4) is 0 Å². The molecule has 1 aliphatic rings. The number of hydrogen-bond donors (Lipinski definition) is 1. The van der Waals surface area contributed by atoms with Gasteiger partial charge >= 0.3 is 0 Å². The van der Waals surface area contributed by atoms with Crippen LogP contribution < -0.4 is 4.90 Å². The molecule has 4 aromatic carbocycles. The molecule has 1 aromatic heterocycles. The Kier molecular flexibility index (Phi) is 9.64. The van der Waals surface area contributed by atoms with Crippen molar-refractivity contribution in [1.82, 2.24) is 4.98 Å². The second-order valence-corrected chi connectivity index (χ2v) is 11.2. The highest BCUT2D eigenvalue weighted by molar-refractivity contribution is 6.04. The molecule has 1 aliphatic heterocycles. The molecule has 2 heteroatoms. The molecule has 0 aliphatic carbocycles. The van der Waals surface area contributed by atoms with Crippen molar-refractivity contribution in [3.05, 3.63) is 199 Å². The number of nitrogens with zero attached hydrogens (tertiary/aromatic N) is 1. The van der Waals surface area contributed by atoms with Crippen molar-refractivity contribution in [2.24, 2.45) is 0 Å². The van der Waals surface area contributed by atoms with Gasteiger partial charge in [-0.3, -0.25) is 0 Å². The molecule has 220 valence electrons. The molecular formula is C43H38N2. The third-order valence-electron chi connectivity index (χ3n) is 8.07. The maximum absolute atomic E-state index is 3.50. The van der Waals surface area contributed by atoms with Crippen molar-refractivity contribution in [3.63, 3.8) is 0 Å². The Bertz CT molecular complexity index is 2010. The van der Waals surface area contributed by atoms with Crippen LogP contribution in [0.25, 0.3) is 27.2 Å². The van der Waals surface area contributed by atoms with Gasteiger partial charge in [0.15, 0.2) is 0 Å². The van der Waals surface area contributed by atoms with Crippen LogP contribution in [0.15, 0.2) is 188 Å². The second kappa shape index (κ2) is 14.7. The number of benzene rings is 4. The lowest BCUT2D eigenvalue weighted by Gasteiger charge is -2.25. The molecule has 0 fully saturated rings. The minimum absolute atomic E-state index is 0.328. The fraction of sp³-hybridized carbons (Fsp3) is 0.0698. The SMILES string of the molecule is CC1C/C(c2ccc3c(cccccccccccc[nH]c4ccccc43)c2)=C\C=C\N(c2ccccc2)c2ccccc21. The van der Waals surface area contributed by atoms with E-state index < -0.39 is 0 Å². The van der Waals surface area contributed by atoms with E-state index in [4.69, 9.17) is 0 Å². The smallest absolute Gasteiger partial charge is 0.0490 e. The summed E-state index contributed by atoms with van der Waals surface area (Å²) in [5.41, 5.74) is 7.33. The number of aromatic nitrogens is 1. The topological polar surface area (TPSA) is 19.0 Å². The number of fused-ring (bicyclic) bond motifs is 4. The highest BCUT2D eigenvalue weighted by Gasteiger charge is 2.18. The van der Waals surface area contributed by atoms with Crippen molar-refractivity contribution in [2.75, 3.05) is 4.90 Å². The molecule has 0 radical (unpaired) electrons. The molecule has 1 unspecified atom stereocenters. The molecular weight excluding hydrogens is 544 g/mol. The van der Waals surface area contributed by atoms with Crippen molar-refractivity contribution < 1.29 is 0 Å². The summed E-state index contributed by atoms with van der Waals surface area (Å²) in [7, 11) is 0. The standard InChI is InChI=1S/C43H38N2/c1-34-32-35(21-19-31-45(38-22-12-10-13-23-38)43-27-17-15-24-39(34)43)36-28-29-40-37(33-36)20-11-8-6-4-2-3-5-7-9-18-30-44-42-26-16-14-25-41(40)42/h2-31,33-34,44H,32H2,1H3/b4-2?,5-3?,8-6?,9-7?,20-11?,30-18?,31-19+,35-21+. The van der Waals surface area contributed by atoms with Crippen LogP contribution in [0.1, 0.15) is 30.4 Å². The van der Waals surface area contributed by atoms with Gasteiger partial charge in [-0.15, -0.1) is 0 Å². The van der Waals surface area contributed by atoms with E-state index in [2.05, 4.69) is 156 Å². The monoisotopic (exact) mass is 582 g/mol. The fourth-order valence-corrected chi connectivity index (χ4v) is 5.84. The summed E-state index contributed by atoms with van der Waals surface area (Å²) >= 11 is 0. The van der Waals surface area contributed by atoms with Crippen LogP contribution in [0.5, 0.6) is 0 Å². The Hall–Kier alpha value is -5.60. The van der Waals surface area contributed by atoms with E-state index in [1.165, 1.54) is 33.2 Å². The molecule has 0 saturated carbocycles. The molecule has 0 spiro atoms. The maximum atomic E-state index is 3.50. The molecule has 45 heavy (non-hydrogen) atoms. The summed E-state index contributed by atoms with van der Waals surface area (Å²) in [6.45, 7) is 2.34. The van der Waals surface area contributed by atoms with Gasteiger partial charge in [0.25, 0.3) is 0 Å². The minimum Gasteiger partial charge on any atom is -0.361 e. The molecule has 2 heterocycles. The van der Waals surface area contributed by atoms with Gasteiger partial charge < -0.3 is 9.88 Å². The van der Waals surface area contributed by atoms with Gasteiger partial charge in [-0.05, 0) is 82.3 Å². The Morgan fingerprint density at radius 3 is 2.07 bits per heavy atom. The number of nitrogens with one attached hydrogen (secondary N) is 1. The van der Waals surface area contributed by atoms with E-state index in [0.717, 1.165) is 23.0 Å².